The minimum atomic E-state index is -4.86. The van der Waals surface area contributed by atoms with Crippen molar-refractivity contribution in [2.45, 2.75) is 44.4 Å². The molecule has 0 bridgehead atoms. The lowest BCUT2D eigenvalue weighted by atomic mass is 9.83. The number of nitrogens with zero attached hydrogens (tertiary/aromatic N) is 3. The maximum absolute atomic E-state index is 13.7. The molecule has 0 spiro atoms. The quantitative estimate of drug-likeness (QED) is 0.167. The number of allylic oxidation sites excluding steroid dienone is 2. The first-order valence-electron chi connectivity index (χ1n) is 13.6. The number of hydrogen-bond acceptors (Lipinski definition) is 7. The van der Waals surface area contributed by atoms with Gasteiger partial charge in [0.25, 0.3) is 11.9 Å². The standard InChI is InChI=1S/C31H26F3N5O4/c32-31(33,34)43-25-16-14-22(15-17-25)27(40)18-26(21-8-6-20(7-9-21)19-4-2-1-3-5-19)28(41)23-10-12-24(13-11-23)29(42)35-30-36-38-39-37-30/h6-19H,1-5H2,(H2,35,36,37,38,39,42)/b26-18-. The summed E-state index contributed by atoms with van der Waals surface area (Å²) in [6, 6.07) is 17.8. The van der Waals surface area contributed by atoms with Crippen LogP contribution in [0.1, 0.15) is 80.2 Å². The second kappa shape index (κ2) is 12.8. The van der Waals surface area contributed by atoms with Gasteiger partial charge in [-0.1, -0.05) is 60.8 Å². The molecule has 0 radical (unpaired) electrons. The molecule has 3 aromatic carbocycles. The third-order valence-electron chi connectivity index (χ3n) is 7.17. The Bertz CT molecular complexity index is 1610. The monoisotopic (exact) mass is 589 g/mol. The molecule has 0 atom stereocenters. The van der Waals surface area contributed by atoms with Gasteiger partial charge in [-0.3, -0.25) is 19.7 Å². The molecule has 9 nitrogen and oxygen atoms in total. The molecule has 43 heavy (non-hydrogen) atoms. The highest BCUT2D eigenvalue weighted by atomic mass is 19.4. The number of ketones is 2. The highest BCUT2D eigenvalue weighted by molar-refractivity contribution is 6.32. The van der Waals surface area contributed by atoms with Crippen molar-refractivity contribution in [3.8, 4) is 5.75 Å². The van der Waals surface area contributed by atoms with E-state index in [0.29, 0.717) is 11.5 Å². The summed E-state index contributed by atoms with van der Waals surface area (Å²) in [6.45, 7) is 0. The van der Waals surface area contributed by atoms with E-state index < -0.39 is 29.6 Å². The Balaban J connectivity index is 1.42. The van der Waals surface area contributed by atoms with E-state index in [9.17, 15) is 27.6 Å². The zero-order chi connectivity index (χ0) is 30.4. The number of carbonyl (C=O) groups is 3. The van der Waals surface area contributed by atoms with Crippen molar-refractivity contribution >= 4 is 29.0 Å². The number of hydrogen-bond donors (Lipinski definition) is 2. The maximum atomic E-state index is 13.7. The van der Waals surface area contributed by atoms with Crippen LogP contribution in [0.5, 0.6) is 5.75 Å². The molecule has 0 unspecified atom stereocenters. The fraction of sp³-hybridized carbons (Fsp3) is 0.226. The number of halogens is 3. The third kappa shape index (κ3) is 7.59. The molecule has 5 rings (SSSR count). The SMILES string of the molecule is O=C(/C=C(\C(=O)c1ccc(C(=O)Nc2nn[nH]n2)cc1)c1ccc(C2CCCCC2)cc1)c1ccc(OC(F)(F)F)cc1. The van der Waals surface area contributed by atoms with Crippen molar-refractivity contribution in [3.63, 3.8) is 0 Å². The average molecular weight is 590 g/mol. The zero-order valence-corrected chi connectivity index (χ0v) is 22.7. The van der Waals surface area contributed by atoms with Crippen LogP contribution in [0.4, 0.5) is 19.1 Å². The molecule has 1 heterocycles. The van der Waals surface area contributed by atoms with Crippen LogP contribution in [-0.4, -0.2) is 44.5 Å². The van der Waals surface area contributed by atoms with E-state index in [1.165, 1.54) is 67.3 Å². The number of anilines is 1. The van der Waals surface area contributed by atoms with Crippen molar-refractivity contribution in [3.05, 3.63) is 107 Å². The second-order valence-corrected chi connectivity index (χ2v) is 10.0. The topological polar surface area (TPSA) is 127 Å². The van der Waals surface area contributed by atoms with Crippen LogP contribution >= 0.6 is 0 Å². The second-order valence-electron chi connectivity index (χ2n) is 10.0. The minimum absolute atomic E-state index is 0.0106. The number of carbonyl (C=O) groups excluding carboxylic acids is 3. The van der Waals surface area contributed by atoms with E-state index in [4.69, 9.17) is 0 Å². The molecule has 12 heteroatoms. The summed E-state index contributed by atoms with van der Waals surface area (Å²) in [7, 11) is 0. The van der Waals surface area contributed by atoms with Gasteiger partial charge in [-0.2, -0.15) is 5.21 Å². The van der Waals surface area contributed by atoms with E-state index >= 15 is 0 Å². The number of benzene rings is 3. The van der Waals surface area contributed by atoms with Crippen LogP contribution in [0.15, 0.2) is 78.9 Å². The number of nitrogens with one attached hydrogen (secondary N) is 2. The number of rotatable bonds is 9. The van der Waals surface area contributed by atoms with E-state index in [1.54, 1.807) is 12.1 Å². The van der Waals surface area contributed by atoms with Crippen molar-refractivity contribution < 1.29 is 32.3 Å². The lowest BCUT2D eigenvalue weighted by Gasteiger charge is -2.22. The molecule has 1 saturated carbocycles. The van der Waals surface area contributed by atoms with E-state index in [2.05, 4.69) is 30.7 Å². The molecule has 1 fully saturated rings. The van der Waals surface area contributed by atoms with Gasteiger partial charge < -0.3 is 4.74 Å². The number of aromatic nitrogens is 4. The Hall–Kier alpha value is -5.13. The molecule has 1 aliphatic rings. The smallest absolute Gasteiger partial charge is 0.406 e. The lowest BCUT2D eigenvalue weighted by Crippen LogP contribution is -2.17. The van der Waals surface area contributed by atoms with Gasteiger partial charge in [-0.25, -0.2) is 0 Å². The summed E-state index contributed by atoms with van der Waals surface area (Å²) in [4.78, 5) is 39.4. The predicted molar refractivity (Wildman–Crippen MR) is 151 cm³/mol. The Labute approximate surface area is 244 Å². The third-order valence-corrected chi connectivity index (χ3v) is 7.17. The summed E-state index contributed by atoms with van der Waals surface area (Å²) in [5.74, 6) is -1.59. The first-order valence-corrected chi connectivity index (χ1v) is 13.6. The fourth-order valence-corrected chi connectivity index (χ4v) is 5.00. The lowest BCUT2D eigenvalue weighted by molar-refractivity contribution is -0.274. The molecular weight excluding hydrogens is 563 g/mol. The van der Waals surface area contributed by atoms with Gasteiger partial charge in [0.15, 0.2) is 11.6 Å². The van der Waals surface area contributed by atoms with Crippen molar-refractivity contribution in [2.24, 2.45) is 0 Å². The Kier molecular flexibility index (Phi) is 8.74. The number of aromatic amines is 1. The highest BCUT2D eigenvalue weighted by Gasteiger charge is 2.31. The van der Waals surface area contributed by atoms with Gasteiger partial charge in [0.05, 0.1) is 0 Å². The van der Waals surface area contributed by atoms with E-state index in [-0.39, 0.29) is 28.2 Å². The first kappa shape index (κ1) is 29.4. The predicted octanol–water partition coefficient (Wildman–Crippen LogP) is 6.55. The van der Waals surface area contributed by atoms with Crippen molar-refractivity contribution in [1.82, 2.24) is 20.6 Å². The van der Waals surface area contributed by atoms with Gasteiger partial charge >= 0.3 is 6.36 Å². The molecular formula is C31H26F3N5O4. The van der Waals surface area contributed by atoms with Gasteiger partial charge in [0, 0.05) is 22.3 Å². The van der Waals surface area contributed by atoms with E-state index in [1.807, 2.05) is 12.1 Å². The van der Waals surface area contributed by atoms with Crippen LogP contribution in [0.25, 0.3) is 5.57 Å². The van der Waals surface area contributed by atoms with Crippen LogP contribution < -0.4 is 10.1 Å². The minimum Gasteiger partial charge on any atom is -0.406 e. The number of tetrazole rings is 1. The highest BCUT2D eigenvalue weighted by Crippen LogP contribution is 2.33. The van der Waals surface area contributed by atoms with Gasteiger partial charge in [0.1, 0.15) is 5.75 Å². The fourth-order valence-electron chi connectivity index (χ4n) is 5.00. The largest absolute Gasteiger partial charge is 0.573 e. The molecule has 220 valence electrons. The Morgan fingerprint density at radius 3 is 2.02 bits per heavy atom. The van der Waals surface area contributed by atoms with E-state index in [0.717, 1.165) is 25.0 Å². The Morgan fingerprint density at radius 2 is 1.42 bits per heavy atom. The summed E-state index contributed by atoms with van der Waals surface area (Å²) in [5, 5.41) is 15.4. The molecule has 4 aromatic rings. The normalized spacial score (nSPS) is 14.3. The number of alkyl halides is 3. The molecule has 0 saturated heterocycles. The molecule has 1 aliphatic carbocycles. The number of Topliss-reactive ketones (excluding diaryl/α,β-unsaturated/α-hetero) is 1. The van der Waals surface area contributed by atoms with Gasteiger partial charge in [-0.05, 0) is 77.6 Å². The Morgan fingerprint density at radius 1 is 0.814 bits per heavy atom. The first-order chi connectivity index (χ1) is 20.7. The summed E-state index contributed by atoms with van der Waals surface area (Å²) in [5.41, 5.74) is 2.31. The molecule has 1 amide bonds. The van der Waals surface area contributed by atoms with Gasteiger partial charge in [-0.15, -0.1) is 18.3 Å². The zero-order valence-electron chi connectivity index (χ0n) is 22.7. The average Bonchev–Trinajstić information content (AvgIpc) is 3.53. The number of H-pyrrole nitrogens is 1. The van der Waals surface area contributed by atoms with Crippen LogP contribution in [-0.2, 0) is 0 Å². The van der Waals surface area contributed by atoms with Crippen LogP contribution in [0.3, 0.4) is 0 Å². The van der Waals surface area contributed by atoms with Crippen LogP contribution in [0, 0.1) is 0 Å². The summed E-state index contributed by atoms with van der Waals surface area (Å²) < 4.78 is 41.5. The number of amides is 1. The number of ether oxygens (including phenoxy) is 1. The summed E-state index contributed by atoms with van der Waals surface area (Å²) >= 11 is 0. The molecule has 2 N–H and O–H groups in total. The van der Waals surface area contributed by atoms with Crippen molar-refractivity contribution in [2.75, 3.05) is 5.32 Å². The molecule has 1 aromatic heterocycles. The van der Waals surface area contributed by atoms with Crippen molar-refractivity contribution in [1.29, 1.82) is 0 Å². The molecule has 0 aliphatic heterocycles. The van der Waals surface area contributed by atoms with Crippen LogP contribution in [0.2, 0.25) is 0 Å². The maximum Gasteiger partial charge on any atom is 0.573 e. The summed E-state index contributed by atoms with van der Waals surface area (Å²) in [6.07, 6.45) is 2.06. The van der Waals surface area contributed by atoms with Gasteiger partial charge in [0.2, 0.25) is 0 Å².